The van der Waals surface area contributed by atoms with Gasteiger partial charge in [-0.1, -0.05) is 0 Å². The fourth-order valence-electron chi connectivity index (χ4n) is 1.86. The zero-order valence-electron chi connectivity index (χ0n) is 9.74. The SMILES string of the molecule is CC(C)OCC(=O)N1CCC(CCN)C1. The number of likely N-dealkylation sites (tertiary alicyclic amines) is 1. The topological polar surface area (TPSA) is 55.6 Å². The predicted octanol–water partition coefficient (Wildman–Crippen LogP) is 0.609. The molecule has 1 fully saturated rings. The van der Waals surface area contributed by atoms with Gasteiger partial charge in [0.2, 0.25) is 5.91 Å². The van der Waals surface area contributed by atoms with Crippen molar-refractivity contribution in [1.29, 1.82) is 0 Å². The molecule has 0 aliphatic carbocycles. The Kier molecular flexibility index (Phi) is 5.05. The highest BCUT2D eigenvalue weighted by Gasteiger charge is 2.25. The third kappa shape index (κ3) is 4.18. The van der Waals surface area contributed by atoms with Gasteiger partial charge in [0.05, 0.1) is 6.10 Å². The molecule has 1 heterocycles. The van der Waals surface area contributed by atoms with Crippen molar-refractivity contribution in [2.24, 2.45) is 11.7 Å². The molecule has 0 spiro atoms. The summed E-state index contributed by atoms with van der Waals surface area (Å²) < 4.78 is 5.30. The van der Waals surface area contributed by atoms with Gasteiger partial charge in [0.1, 0.15) is 6.61 Å². The first kappa shape index (κ1) is 12.5. The Balaban J connectivity index is 2.24. The van der Waals surface area contributed by atoms with E-state index < -0.39 is 0 Å². The Labute approximate surface area is 91.8 Å². The van der Waals surface area contributed by atoms with Gasteiger partial charge in [-0.3, -0.25) is 4.79 Å². The molecule has 0 aromatic heterocycles. The minimum absolute atomic E-state index is 0.114. The van der Waals surface area contributed by atoms with Crippen molar-refractivity contribution in [2.75, 3.05) is 26.2 Å². The summed E-state index contributed by atoms with van der Waals surface area (Å²) >= 11 is 0. The molecule has 0 bridgehead atoms. The average molecular weight is 214 g/mol. The van der Waals surface area contributed by atoms with Crippen LogP contribution in [0.1, 0.15) is 26.7 Å². The van der Waals surface area contributed by atoms with E-state index in [0.29, 0.717) is 5.92 Å². The molecule has 0 saturated carbocycles. The Morgan fingerprint density at radius 3 is 2.93 bits per heavy atom. The van der Waals surface area contributed by atoms with Gasteiger partial charge in [-0.25, -0.2) is 0 Å². The molecule has 4 nitrogen and oxygen atoms in total. The Hall–Kier alpha value is -0.610. The zero-order chi connectivity index (χ0) is 11.3. The molecule has 1 atom stereocenters. The zero-order valence-corrected chi connectivity index (χ0v) is 9.74. The lowest BCUT2D eigenvalue weighted by Crippen LogP contribution is -2.33. The van der Waals surface area contributed by atoms with Crippen molar-refractivity contribution < 1.29 is 9.53 Å². The van der Waals surface area contributed by atoms with Crippen molar-refractivity contribution >= 4 is 5.91 Å². The lowest BCUT2D eigenvalue weighted by atomic mass is 10.1. The van der Waals surface area contributed by atoms with Crippen molar-refractivity contribution in [2.45, 2.75) is 32.8 Å². The molecular weight excluding hydrogens is 192 g/mol. The first-order valence-corrected chi connectivity index (χ1v) is 5.73. The summed E-state index contributed by atoms with van der Waals surface area (Å²) in [6.07, 6.45) is 2.23. The van der Waals surface area contributed by atoms with Gasteiger partial charge in [0, 0.05) is 13.1 Å². The first-order valence-electron chi connectivity index (χ1n) is 5.73. The van der Waals surface area contributed by atoms with Crippen molar-refractivity contribution in [3.8, 4) is 0 Å². The molecular formula is C11H22N2O2. The standard InChI is InChI=1S/C11H22N2O2/c1-9(2)15-8-11(14)13-6-4-10(7-13)3-5-12/h9-10H,3-8,12H2,1-2H3. The molecule has 0 aromatic rings. The van der Waals surface area contributed by atoms with Crippen LogP contribution in [-0.4, -0.2) is 43.2 Å². The molecule has 2 N–H and O–H groups in total. The summed E-state index contributed by atoms with van der Waals surface area (Å²) in [5.74, 6) is 0.709. The first-order chi connectivity index (χ1) is 7.13. The summed E-state index contributed by atoms with van der Waals surface area (Å²) in [4.78, 5) is 13.6. The monoisotopic (exact) mass is 214 g/mol. The maximum atomic E-state index is 11.7. The van der Waals surface area contributed by atoms with Crippen LogP contribution in [0.3, 0.4) is 0 Å². The van der Waals surface area contributed by atoms with Crippen LogP contribution >= 0.6 is 0 Å². The van der Waals surface area contributed by atoms with E-state index in [1.165, 1.54) is 0 Å². The number of hydrogen-bond donors (Lipinski definition) is 1. The van der Waals surface area contributed by atoms with E-state index in [0.717, 1.165) is 32.5 Å². The van der Waals surface area contributed by atoms with E-state index in [1.807, 2.05) is 18.7 Å². The Morgan fingerprint density at radius 2 is 2.33 bits per heavy atom. The summed E-state index contributed by atoms with van der Waals surface area (Å²) in [7, 11) is 0. The number of ether oxygens (including phenoxy) is 1. The second kappa shape index (κ2) is 6.08. The maximum Gasteiger partial charge on any atom is 0.248 e. The van der Waals surface area contributed by atoms with Gasteiger partial charge in [0.25, 0.3) is 0 Å². The maximum absolute atomic E-state index is 11.7. The van der Waals surface area contributed by atoms with Gasteiger partial charge < -0.3 is 15.4 Å². The van der Waals surface area contributed by atoms with E-state index in [2.05, 4.69) is 0 Å². The van der Waals surface area contributed by atoms with Gasteiger partial charge in [-0.15, -0.1) is 0 Å². The molecule has 0 radical (unpaired) electrons. The summed E-state index contributed by atoms with van der Waals surface area (Å²) in [5.41, 5.74) is 5.50. The van der Waals surface area contributed by atoms with Gasteiger partial charge >= 0.3 is 0 Å². The number of carbonyl (C=O) groups excluding carboxylic acids is 1. The van der Waals surface area contributed by atoms with Crippen molar-refractivity contribution in [3.05, 3.63) is 0 Å². The van der Waals surface area contributed by atoms with Gasteiger partial charge in [0.15, 0.2) is 0 Å². The summed E-state index contributed by atoms with van der Waals surface area (Å²) in [6.45, 7) is 6.54. The smallest absolute Gasteiger partial charge is 0.248 e. The second-order valence-corrected chi connectivity index (χ2v) is 4.43. The molecule has 1 unspecified atom stereocenters. The minimum atomic E-state index is 0.114. The largest absolute Gasteiger partial charge is 0.369 e. The highest BCUT2D eigenvalue weighted by atomic mass is 16.5. The molecule has 0 aromatic carbocycles. The van der Waals surface area contributed by atoms with Crippen LogP contribution in [0.5, 0.6) is 0 Å². The fraction of sp³-hybridized carbons (Fsp3) is 0.909. The van der Waals surface area contributed by atoms with Crippen molar-refractivity contribution in [1.82, 2.24) is 4.90 Å². The van der Waals surface area contributed by atoms with E-state index in [9.17, 15) is 4.79 Å². The van der Waals surface area contributed by atoms with E-state index in [1.54, 1.807) is 0 Å². The van der Waals surface area contributed by atoms with Crippen LogP contribution in [-0.2, 0) is 9.53 Å². The number of rotatable bonds is 5. The number of nitrogens with two attached hydrogens (primary N) is 1. The van der Waals surface area contributed by atoms with Crippen molar-refractivity contribution in [3.63, 3.8) is 0 Å². The fourth-order valence-corrected chi connectivity index (χ4v) is 1.86. The lowest BCUT2D eigenvalue weighted by Gasteiger charge is -2.17. The molecule has 1 saturated heterocycles. The van der Waals surface area contributed by atoms with E-state index in [4.69, 9.17) is 10.5 Å². The third-order valence-corrected chi connectivity index (χ3v) is 2.75. The van der Waals surface area contributed by atoms with Crippen LogP contribution < -0.4 is 5.73 Å². The second-order valence-electron chi connectivity index (χ2n) is 4.43. The average Bonchev–Trinajstić information content (AvgIpc) is 2.63. The molecule has 4 heteroatoms. The highest BCUT2D eigenvalue weighted by Crippen LogP contribution is 2.18. The van der Waals surface area contributed by atoms with E-state index in [-0.39, 0.29) is 18.6 Å². The predicted molar refractivity (Wildman–Crippen MR) is 59.4 cm³/mol. The molecule has 1 amide bonds. The molecule has 1 aliphatic rings. The molecule has 88 valence electrons. The Bertz CT molecular complexity index is 207. The van der Waals surface area contributed by atoms with E-state index >= 15 is 0 Å². The minimum Gasteiger partial charge on any atom is -0.369 e. The summed E-state index contributed by atoms with van der Waals surface area (Å²) in [5, 5.41) is 0. The third-order valence-electron chi connectivity index (χ3n) is 2.75. The normalized spacial score (nSPS) is 21.3. The molecule has 15 heavy (non-hydrogen) atoms. The number of nitrogens with zero attached hydrogens (tertiary/aromatic N) is 1. The van der Waals surface area contributed by atoms with Crippen LogP contribution in [0.4, 0.5) is 0 Å². The molecule has 1 aliphatic heterocycles. The quantitative estimate of drug-likeness (QED) is 0.729. The highest BCUT2D eigenvalue weighted by molar-refractivity contribution is 5.77. The molecule has 1 rings (SSSR count). The number of carbonyl (C=O) groups is 1. The van der Waals surface area contributed by atoms with Gasteiger partial charge in [-0.05, 0) is 39.2 Å². The number of amides is 1. The van der Waals surface area contributed by atoms with Crippen LogP contribution in [0, 0.1) is 5.92 Å². The van der Waals surface area contributed by atoms with Gasteiger partial charge in [-0.2, -0.15) is 0 Å². The summed E-state index contributed by atoms with van der Waals surface area (Å²) in [6, 6.07) is 0. The number of hydrogen-bond acceptors (Lipinski definition) is 3. The van der Waals surface area contributed by atoms with Crippen LogP contribution in [0.2, 0.25) is 0 Å². The Morgan fingerprint density at radius 1 is 1.60 bits per heavy atom. The van der Waals surface area contributed by atoms with Crippen LogP contribution in [0.25, 0.3) is 0 Å². The lowest BCUT2D eigenvalue weighted by molar-refractivity contribution is -0.136. The van der Waals surface area contributed by atoms with Crippen LogP contribution in [0.15, 0.2) is 0 Å².